The molecule has 1 fully saturated rings. The largest absolute Gasteiger partial charge is 0.490 e. The first-order chi connectivity index (χ1) is 12.8. The molecule has 1 aromatic heterocycles. The number of primary amides is 1. The summed E-state index contributed by atoms with van der Waals surface area (Å²) in [7, 11) is 0. The highest BCUT2D eigenvalue weighted by molar-refractivity contribution is 6.01. The zero-order valence-electron chi connectivity index (χ0n) is 15.2. The maximum absolute atomic E-state index is 13.3. The fourth-order valence-corrected chi connectivity index (χ4v) is 3.03. The number of fused-ring (bicyclic) bond motifs is 1. The van der Waals surface area contributed by atoms with Crippen molar-refractivity contribution in [3.63, 3.8) is 0 Å². The smallest absolute Gasteiger partial charge is 0.254 e. The molecule has 0 radical (unpaired) electrons. The van der Waals surface area contributed by atoms with E-state index in [9.17, 15) is 14.0 Å². The fourth-order valence-electron chi connectivity index (χ4n) is 3.03. The van der Waals surface area contributed by atoms with Gasteiger partial charge in [-0.3, -0.25) is 9.59 Å². The molecule has 1 saturated heterocycles. The van der Waals surface area contributed by atoms with Crippen molar-refractivity contribution >= 4 is 22.6 Å². The molecule has 3 rings (SSSR count). The molecular weight excluding hydrogens is 353 g/mol. The Labute approximate surface area is 156 Å². The van der Waals surface area contributed by atoms with Gasteiger partial charge in [0, 0.05) is 30.5 Å². The van der Waals surface area contributed by atoms with Gasteiger partial charge in [-0.25, -0.2) is 9.37 Å². The van der Waals surface area contributed by atoms with Crippen LogP contribution in [0.5, 0.6) is 11.6 Å². The summed E-state index contributed by atoms with van der Waals surface area (Å²) < 4.78 is 24.7. The first-order valence-corrected chi connectivity index (χ1v) is 8.81. The number of aromatic nitrogens is 1. The summed E-state index contributed by atoms with van der Waals surface area (Å²) >= 11 is 0. The van der Waals surface area contributed by atoms with Crippen LogP contribution in [0.1, 0.15) is 37.0 Å². The van der Waals surface area contributed by atoms with Crippen LogP contribution in [0.25, 0.3) is 10.8 Å². The van der Waals surface area contributed by atoms with Crippen molar-refractivity contribution in [3.05, 3.63) is 30.0 Å². The normalized spacial score (nSPS) is 19.3. The SMILES string of the molecule is CC(C)Oc1cc2c(OCC[C@@H]3CC(F)C(=O)N3)nccc2cc1C(N)=O. The van der Waals surface area contributed by atoms with Crippen molar-refractivity contribution < 1.29 is 23.5 Å². The van der Waals surface area contributed by atoms with Crippen molar-refractivity contribution in [3.8, 4) is 11.6 Å². The zero-order valence-corrected chi connectivity index (χ0v) is 15.2. The standard InChI is InChI=1S/C19H22FN3O4/c1-10(2)27-16-9-13-11(7-14(16)17(21)24)3-5-22-19(13)26-6-4-12-8-15(20)18(25)23-12/h3,5,7,9-10,12,15H,4,6,8H2,1-2H3,(H2,21,24)(H,23,25)/t12-,15?/m1/s1. The highest BCUT2D eigenvalue weighted by atomic mass is 19.1. The minimum atomic E-state index is -1.45. The first kappa shape index (κ1) is 18.9. The molecule has 1 aliphatic heterocycles. The van der Waals surface area contributed by atoms with E-state index in [2.05, 4.69) is 10.3 Å². The molecule has 3 N–H and O–H groups in total. The topological polar surface area (TPSA) is 104 Å². The van der Waals surface area contributed by atoms with Gasteiger partial charge in [-0.15, -0.1) is 0 Å². The number of carbonyl (C=O) groups excluding carboxylic acids is 2. The van der Waals surface area contributed by atoms with Crippen LogP contribution < -0.4 is 20.5 Å². The number of pyridine rings is 1. The van der Waals surface area contributed by atoms with Gasteiger partial charge in [0.2, 0.25) is 5.88 Å². The lowest BCUT2D eigenvalue weighted by Crippen LogP contribution is -2.28. The van der Waals surface area contributed by atoms with E-state index in [1.807, 2.05) is 13.8 Å². The Bertz CT molecular complexity index is 871. The molecule has 2 atom stereocenters. The van der Waals surface area contributed by atoms with Crippen molar-refractivity contribution in [2.45, 2.75) is 45.0 Å². The van der Waals surface area contributed by atoms with Crippen LogP contribution in [0.2, 0.25) is 0 Å². The summed E-state index contributed by atoms with van der Waals surface area (Å²) in [5.74, 6) is -0.410. The number of hydrogen-bond acceptors (Lipinski definition) is 5. The predicted octanol–water partition coefficient (Wildman–Crippen LogP) is 2.12. The number of nitrogens with zero attached hydrogens (tertiary/aromatic N) is 1. The molecule has 0 spiro atoms. The molecule has 1 aromatic carbocycles. The third kappa shape index (κ3) is 4.27. The lowest BCUT2D eigenvalue weighted by Gasteiger charge is -2.16. The van der Waals surface area contributed by atoms with E-state index in [0.717, 1.165) is 5.39 Å². The average molecular weight is 375 g/mol. The highest BCUT2D eigenvalue weighted by Gasteiger charge is 2.31. The summed E-state index contributed by atoms with van der Waals surface area (Å²) in [4.78, 5) is 27.2. The molecule has 2 heterocycles. The molecule has 0 saturated carbocycles. The summed E-state index contributed by atoms with van der Waals surface area (Å²) in [6.07, 6.45) is 0.605. The van der Waals surface area contributed by atoms with Crippen LogP contribution >= 0.6 is 0 Å². The van der Waals surface area contributed by atoms with Crippen LogP contribution in [0.4, 0.5) is 4.39 Å². The molecule has 8 heteroatoms. The molecule has 1 unspecified atom stereocenters. The number of benzene rings is 1. The van der Waals surface area contributed by atoms with Crippen molar-refractivity contribution in [2.24, 2.45) is 5.73 Å². The van der Waals surface area contributed by atoms with Crippen LogP contribution in [-0.4, -0.2) is 41.7 Å². The van der Waals surface area contributed by atoms with E-state index < -0.39 is 18.0 Å². The molecule has 7 nitrogen and oxygen atoms in total. The van der Waals surface area contributed by atoms with Crippen LogP contribution in [-0.2, 0) is 4.79 Å². The first-order valence-electron chi connectivity index (χ1n) is 8.81. The lowest BCUT2D eigenvalue weighted by molar-refractivity contribution is -0.123. The zero-order chi connectivity index (χ0) is 19.6. The van der Waals surface area contributed by atoms with Crippen molar-refractivity contribution in [1.29, 1.82) is 0 Å². The van der Waals surface area contributed by atoms with Gasteiger partial charge in [-0.2, -0.15) is 0 Å². The summed E-state index contributed by atoms with van der Waals surface area (Å²) in [6, 6.07) is 4.84. The number of nitrogens with one attached hydrogen (secondary N) is 1. The number of nitrogens with two attached hydrogens (primary N) is 1. The molecule has 0 aliphatic carbocycles. The number of carbonyl (C=O) groups is 2. The van der Waals surface area contributed by atoms with Crippen molar-refractivity contribution in [1.82, 2.24) is 10.3 Å². The Balaban J connectivity index is 1.81. The van der Waals surface area contributed by atoms with Gasteiger partial charge in [0.25, 0.3) is 11.8 Å². The lowest BCUT2D eigenvalue weighted by atomic mass is 10.1. The summed E-state index contributed by atoms with van der Waals surface area (Å²) in [5, 5.41) is 4.01. The highest BCUT2D eigenvalue weighted by Crippen LogP contribution is 2.31. The maximum Gasteiger partial charge on any atom is 0.254 e. The molecule has 0 bridgehead atoms. The number of amides is 2. The molecule has 2 amide bonds. The van der Waals surface area contributed by atoms with Gasteiger partial charge in [-0.1, -0.05) is 0 Å². The Hall–Kier alpha value is -2.90. The Morgan fingerprint density at radius 3 is 2.85 bits per heavy atom. The molecule has 2 aromatic rings. The second kappa shape index (κ2) is 7.77. The number of halogens is 1. The Morgan fingerprint density at radius 1 is 1.44 bits per heavy atom. The number of rotatable bonds is 7. The van der Waals surface area contributed by atoms with Crippen LogP contribution in [0, 0.1) is 0 Å². The monoisotopic (exact) mass is 375 g/mol. The Kier molecular flexibility index (Phi) is 5.43. The third-order valence-corrected chi connectivity index (χ3v) is 4.28. The fraction of sp³-hybridized carbons (Fsp3) is 0.421. The summed E-state index contributed by atoms with van der Waals surface area (Å²) in [5.41, 5.74) is 5.75. The van der Waals surface area contributed by atoms with Gasteiger partial charge in [0.05, 0.1) is 18.3 Å². The van der Waals surface area contributed by atoms with Gasteiger partial charge in [-0.05, 0) is 37.4 Å². The molecule has 1 aliphatic rings. The minimum Gasteiger partial charge on any atom is -0.490 e. The van der Waals surface area contributed by atoms with Gasteiger partial charge in [0.15, 0.2) is 6.17 Å². The van der Waals surface area contributed by atoms with Crippen LogP contribution in [0.3, 0.4) is 0 Å². The second-order valence-electron chi connectivity index (χ2n) is 6.76. The maximum atomic E-state index is 13.3. The molecular formula is C19H22FN3O4. The second-order valence-corrected chi connectivity index (χ2v) is 6.76. The van der Waals surface area contributed by atoms with Gasteiger partial charge < -0.3 is 20.5 Å². The van der Waals surface area contributed by atoms with Crippen molar-refractivity contribution in [2.75, 3.05) is 6.61 Å². The molecule has 144 valence electrons. The number of alkyl halides is 1. The van der Waals surface area contributed by atoms with E-state index >= 15 is 0 Å². The van der Waals surface area contributed by atoms with E-state index in [-0.39, 0.29) is 30.7 Å². The molecule has 27 heavy (non-hydrogen) atoms. The average Bonchev–Trinajstić information content (AvgIpc) is 2.92. The Morgan fingerprint density at radius 2 is 2.22 bits per heavy atom. The van der Waals surface area contributed by atoms with Gasteiger partial charge >= 0.3 is 0 Å². The minimum absolute atomic E-state index is 0.138. The van der Waals surface area contributed by atoms with E-state index in [1.165, 1.54) is 0 Å². The summed E-state index contributed by atoms with van der Waals surface area (Å²) in [6.45, 7) is 3.97. The third-order valence-electron chi connectivity index (χ3n) is 4.28. The van der Waals surface area contributed by atoms with Crippen LogP contribution in [0.15, 0.2) is 24.4 Å². The number of ether oxygens (including phenoxy) is 2. The quantitative estimate of drug-likeness (QED) is 0.771. The van der Waals surface area contributed by atoms with E-state index in [4.69, 9.17) is 15.2 Å². The van der Waals surface area contributed by atoms with E-state index in [1.54, 1.807) is 24.4 Å². The predicted molar refractivity (Wildman–Crippen MR) is 97.6 cm³/mol. The van der Waals surface area contributed by atoms with Gasteiger partial charge in [0.1, 0.15) is 5.75 Å². The number of hydrogen-bond donors (Lipinski definition) is 2. The van der Waals surface area contributed by atoms with E-state index in [0.29, 0.717) is 23.4 Å².